The first-order valence-corrected chi connectivity index (χ1v) is 4.37. The lowest BCUT2D eigenvalue weighted by molar-refractivity contribution is -0.145. The van der Waals surface area contributed by atoms with Gasteiger partial charge in [0.25, 0.3) is 5.91 Å². The summed E-state index contributed by atoms with van der Waals surface area (Å²) in [5.74, 6) is -2.01. The molecule has 0 aromatic heterocycles. The summed E-state index contributed by atoms with van der Waals surface area (Å²) in [7, 11) is 0. The minimum atomic E-state index is -3.03. The third-order valence-corrected chi connectivity index (χ3v) is 2.39. The molecule has 1 heterocycles. The fourth-order valence-corrected chi connectivity index (χ4v) is 1.51. The van der Waals surface area contributed by atoms with Gasteiger partial charge in [-0.15, -0.1) is 0 Å². The first kappa shape index (κ1) is 11.3. The molecule has 0 saturated carbocycles. The van der Waals surface area contributed by atoms with Crippen LogP contribution in [0.15, 0.2) is 0 Å². The average Bonchev–Trinajstić information content (AvgIpc) is 2.16. The molecule has 0 aliphatic carbocycles. The van der Waals surface area contributed by atoms with Gasteiger partial charge in [0.2, 0.25) is 6.43 Å². The molecule has 6 heteroatoms. The summed E-state index contributed by atoms with van der Waals surface area (Å²) in [5.41, 5.74) is 0. The Hall–Kier alpha value is -0.810. The van der Waals surface area contributed by atoms with Gasteiger partial charge in [0.1, 0.15) is 0 Å². The highest BCUT2D eigenvalue weighted by molar-refractivity contribution is 5.79. The monoisotopic (exact) mass is 213 g/mol. The van der Waals surface area contributed by atoms with Crippen LogP contribution < -0.4 is 0 Å². The van der Waals surface area contributed by atoms with Gasteiger partial charge in [-0.05, 0) is 12.8 Å². The largest absolute Gasteiger partial charge is 0.338 e. The molecule has 1 aliphatic heterocycles. The zero-order valence-electron chi connectivity index (χ0n) is 7.43. The molecule has 0 radical (unpaired) electrons. The Morgan fingerprint density at radius 1 is 1.14 bits per heavy atom. The van der Waals surface area contributed by atoms with Crippen LogP contribution in [0.3, 0.4) is 0 Å². The number of hydrogen-bond acceptors (Lipinski definition) is 1. The van der Waals surface area contributed by atoms with Crippen LogP contribution in [0.2, 0.25) is 0 Å². The third kappa shape index (κ3) is 2.59. The van der Waals surface area contributed by atoms with Crippen molar-refractivity contribution in [1.82, 2.24) is 4.90 Å². The topological polar surface area (TPSA) is 20.3 Å². The van der Waals surface area contributed by atoms with Crippen LogP contribution in [0, 0.1) is 5.92 Å². The second kappa shape index (κ2) is 4.61. The van der Waals surface area contributed by atoms with Crippen molar-refractivity contribution in [1.29, 1.82) is 0 Å². The zero-order valence-corrected chi connectivity index (χ0v) is 7.43. The van der Waals surface area contributed by atoms with E-state index in [1.54, 1.807) is 0 Å². The van der Waals surface area contributed by atoms with E-state index < -0.39 is 24.7 Å². The molecule has 0 unspecified atom stereocenters. The van der Waals surface area contributed by atoms with Crippen molar-refractivity contribution in [2.45, 2.75) is 25.7 Å². The summed E-state index contributed by atoms with van der Waals surface area (Å²) in [5, 5.41) is 0. The Bertz CT molecular complexity index is 202. The van der Waals surface area contributed by atoms with E-state index in [0.717, 1.165) is 4.90 Å². The number of halogens is 4. The predicted molar refractivity (Wildman–Crippen MR) is 41.3 cm³/mol. The third-order valence-electron chi connectivity index (χ3n) is 2.39. The summed E-state index contributed by atoms with van der Waals surface area (Å²) in [6.45, 7) is 0.0242. The molecular formula is C8H11F4NO. The zero-order chi connectivity index (χ0) is 10.7. The highest BCUT2D eigenvalue weighted by atomic mass is 19.3. The Morgan fingerprint density at radius 3 is 2.00 bits per heavy atom. The Labute approximate surface area is 78.9 Å². The van der Waals surface area contributed by atoms with Gasteiger partial charge in [-0.1, -0.05) is 0 Å². The minimum Gasteiger partial charge on any atom is -0.338 e. The summed E-state index contributed by atoms with van der Waals surface area (Å²) in [4.78, 5) is 11.7. The number of likely N-dealkylation sites (tertiary alicyclic amines) is 1. The van der Waals surface area contributed by atoms with Gasteiger partial charge in [0, 0.05) is 19.0 Å². The lowest BCUT2D eigenvalue weighted by Gasteiger charge is -2.31. The fourth-order valence-electron chi connectivity index (χ4n) is 1.51. The van der Waals surface area contributed by atoms with E-state index in [0.29, 0.717) is 0 Å². The maximum Gasteiger partial charge on any atom is 0.315 e. The lowest BCUT2D eigenvalue weighted by atomic mass is 9.97. The van der Waals surface area contributed by atoms with E-state index in [9.17, 15) is 22.4 Å². The lowest BCUT2D eigenvalue weighted by Crippen LogP contribution is -2.42. The van der Waals surface area contributed by atoms with Gasteiger partial charge >= 0.3 is 6.43 Å². The SMILES string of the molecule is O=C(C(F)F)N1CCC(C(F)F)CC1. The quantitative estimate of drug-likeness (QED) is 0.640. The van der Waals surface area contributed by atoms with E-state index in [-0.39, 0.29) is 25.9 Å². The second-order valence-electron chi connectivity index (χ2n) is 3.30. The number of rotatable bonds is 2. The van der Waals surface area contributed by atoms with E-state index in [1.165, 1.54) is 0 Å². The molecule has 1 fully saturated rings. The van der Waals surface area contributed by atoms with Crippen LogP contribution >= 0.6 is 0 Å². The average molecular weight is 213 g/mol. The second-order valence-corrected chi connectivity index (χ2v) is 3.30. The molecule has 1 rings (SSSR count). The summed E-state index contributed by atoms with van der Waals surface area (Å²) >= 11 is 0. The highest BCUT2D eigenvalue weighted by Crippen LogP contribution is 2.24. The molecule has 82 valence electrons. The van der Waals surface area contributed by atoms with E-state index in [2.05, 4.69) is 0 Å². The van der Waals surface area contributed by atoms with Crippen LogP contribution in [-0.4, -0.2) is 36.7 Å². The molecule has 0 bridgehead atoms. The molecule has 14 heavy (non-hydrogen) atoms. The van der Waals surface area contributed by atoms with Crippen molar-refractivity contribution < 1.29 is 22.4 Å². The Balaban J connectivity index is 2.39. The van der Waals surface area contributed by atoms with Crippen molar-refractivity contribution in [3.05, 3.63) is 0 Å². The van der Waals surface area contributed by atoms with Crippen molar-refractivity contribution in [2.75, 3.05) is 13.1 Å². The minimum absolute atomic E-state index is 0.0121. The summed E-state index contributed by atoms with van der Waals surface area (Å²) in [6.07, 6.45) is -5.23. The van der Waals surface area contributed by atoms with Crippen molar-refractivity contribution in [3.8, 4) is 0 Å². The standard InChI is InChI=1S/C8H11F4NO/c9-6(10)5-1-3-13(4-2-5)8(14)7(11)12/h5-7H,1-4H2. The van der Waals surface area contributed by atoms with Gasteiger partial charge in [-0.2, -0.15) is 8.78 Å². The van der Waals surface area contributed by atoms with Crippen LogP contribution in [-0.2, 0) is 4.79 Å². The Morgan fingerprint density at radius 2 is 1.64 bits per heavy atom. The van der Waals surface area contributed by atoms with Gasteiger partial charge in [-0.25, -0.2) is 8.78 Å². The van der Waals surface area contributed by atoms with Crippen LogP contribution in [0.4, 0.5) is 17.6 Å². The molecule has 0 atom stereocenters. The van der Waals surface area contributed by atoms with Gasteiger partial charge < -0.3 is 4.90 Å². The van der Waals surface area contributed by atoms with E-state index in [1.807, 2.05) is 0 Å². The number of carbonyl (C=O) groups is 1. The van der Waals surface area contributed by atoms with Crippen LogP contribution in [0.25, 0.3) is 0 Å². The van der Waals surface area contributed by atoms with Crippen molar-refractivity contribution in [2.24, 2.45) is 5.92 Å². The predicted octanol–water partition coefficient (Wildman–Crippen LogP) is 1.76. The summed E-state index contributed by atoms with van der Waals surface area (Å²) in [6, 6.07) is 0. The molecule has 0 aromatic carbocycles. The Kier molecular flexibility index (Phi) is 3.71. The first-order valence-electron chi connectivity index (χ1n) is 4.37. The normalized spacial score (nSPS) is 19.4. The number of piperidine rings is 1. The van der Waals surface area contributed by atoms with Crippen LogP contribution in [0.1, 0.15) is 12.8 Å². The molecule has 1 amide bonds. The molecule has 0 aromatic rings. The van der Waals surface area contributed by atoms with Gasteiger partial charge in [0.05, 0.1) is 0 Å². The van der Waals surface area contributed by atoms with Gasteiger partial charge in [0.15, 0.2) is 0 Å². The maximum absolute atomic E-state index is 12.2. The van der Waals surface area contributed by atoms with Crippen molar-refractivity contribution >= 4 is 5.91 Å². The molecule has 2 nitrogen and oxygen atoms in total. The maximum atomic E-state index is 12.2. The number of amides is 1. The van der Waals surface area contributed by atoms with E-state index >= 15 is 0 Å². The first-order chi connectivity index (χ1) is 6.52. The summed E-state index contributed by atoms with van der Waals surface area (Å²) < 4.78 is 48.2. The molecule has 1 saturated heterocycles. The van der Waals surface area contributed by atoms with Crippen molar-refractivity contribution in [3.63, 3.8) is 0 Å². The van der Waals surface area contributed by atoms with Crippen LogP contribution in [0.5, 0.6) is 0 Å². The molecule has 0 spiro atoms. The number of carbonyl (C=O) groups excluding carboxylic acids is 1. The molecule has 0 N–H and O–H groups in total. The number of alkyl halides is 4. The number of nitrogens with zero attached hydrogens (tertiary/aromatic N) is 1. The molecular weight excluding hydrogens is 202 g/mol. The van der Waals surface area contributed by atoms with Gasteiger partial charge in [-0.3, -0.25) is 4.79 Å². The fraction of sp³-hybridized carbons (Fsp3) is 0.875. The highest BCUT2D eigenvalue weighted by Gasteiger charge is 2.31. The molecule has 1 aliphatic rings. The number of hydrogen-bond donors (Lipinski definition) is 0. The van der Waals surface area contributed by atoms with E-state index in [4.69, 9.17) is 0 Å². The smallest absolute Gasteiger partial charge is 0.315 e.